The number of benzene rings is 3. The molecule has 0 saturated heterocycles. The van der Waals surface area contributed by atoms with Crippen LogP contribution in [0.5, 0.6) is 23.0 Å². The van der Waals surface area contributed by atoms with Crippen LogP contribution in [-0.4, -0.2) is 25.9 Å². The Balaban J connectivity index is 1.85. The van der Waals surface area contributed by atoms with Crippen molar-refractivity contribution in [1.82, 2.24) is 0 Å². The minimum absolute atomic E-state index is 0.00491. The van der Waals surface area contributed by atoms with Gasteiger partial charge in [-0.05, 0) is 53.6 Å². The minimum atomic E-state index is 0.00491. The van der Waals surface area contributed by atoms with Gasteiger partial charge in [0.05, 0.1) is 20.8 Å². The summed E-state index contributed by atoms with van der Waals surface area (Å²) in [7, 11) is 3.34. The quantitative estimate of drug-likeness (QED) is 0.649. The first-order chi connectivity index (χ1) is 14.2. The molecule has 0 amide bonds. The van der Waals surface area contributed by atoms with E-state index in [1.807, 2.05) is 42.5 Å². The second kappa shape index (κ2) is 8.31. The van der Waals surface area contributed by atoms with Gasteiger partial charge in [-0.2, -0.15) is 0 Å². The second-order valence-corrected chi connectivity index (χ2v) is 7.02. The van der Waals surface area contributed by atoms with Crippen LogP contribution in [0.15, 0.2) is 72.3 Å². The highest BCUT2D eigenvalue weighted by atomic mass is 16.5. The lowest BCUT2D eigenvalue weighted by atomic mass is 9.82. The summed E-state index contributed by atoms with van der Waals surface area (Å²) in [6.45, 7) is 0.607. The van der Waals surface area contributed by atoms with Crippen LogP contribution in [0.25, 0.3) is 6.08 Å². The third-order valence-electron chi connectivity index (χ3n) is 5.24. The van der Waals surface area contributed by atoms with E-state index >= 15 is 0 Å². The van der Waals surface area contributed by atoms with Gasteiger partial charge in [0.2, 0.25) is 0 Å². The Kier molecular flexibility index (Phi) is 5.43. The standard InChI is InChI=1S/C25H24O4/c1-27-21-9-3-17(4-10-21)15-19-13-14-29-24-12-11-22(28-2)16-23(24)25(19)18-5-7-20(26)8-6-18/h3-12,15-16,25-26H,13-14H2,1-2H3/b19-15+. The fraction of sp³-hybridized carbons (Fsp3) is 0.200. The molecule has 4 rings (SSSR count). The fourth-order valence-corrected chi connectivity index (χ4v) is 3.76. The molecule has 1 aliphatic heterocycles. The largest absolute Gasteiger partial charge is 0.508 e. The van der Waals surface area contributed by atoms with E-state index < -0.39 is 0 Å². The summed E-state index contributed by atoms with van der Waals surface area (Å²) in [5, 5.41) is 9.77. The van der Waals surface area contributed by atoms with Gasteiger partial charge in [0.1, 0.15) is 23.0 Å². The van der Waals surface area contributed by atoms with Crippen LogP contribution in [0.4, 0.5) is 0 Å². The lowest BCUT2D eigenvalue weighted by molar-refractivity contribution is 0.325. The number of rotatable bonds is 4. The predicted octanol–water partition coefficient (Wildman–Crippen LogP) is 5.41. The maximum Gasteiger partial charge on any atom is 0.123 e. The summed E-state index contributed by atoms with van der Waals surface area (Å²) in [5.74, 6) is 2.75. The third kappa shape index (κ3) is 4.06. The molecule has 29 heavy (non-hydrogen) atoms. The van der Waals surface area contributed by atoms with E-state index in [9.17, 15) is 5.11 Å². The molecule has 1 unspecified atom stereocenters. The number of phenols is 1. The van der Waals surface area contributed by atoms with Crippen LogP contribution < -0.4 is 14.2 Å². The molecule has 3 aromatic carbocycles. The van der Waals surface area contributed by atoms with Gasteiger partial charge in [-0.15, -0.1) is 0 Å². The zero-order valence-electron chi connectivity index (χ0n) is 16.6. The van der Waals surface area contributed by atoms with Crippen molar-refractivity contribution < 1.29 is 19.3 Å². The molecule has 3 aromatic rings. The highest BCUT2D eigenvalue weighted by Gasteiger charge is 2.26. The molecule has 1 aliphatic rings. The Morgan fingerprint density at radius 3 is 2.28 bits per heavy atom. The Morgan fingerprint density at radius 1 is 0.897 bits per heavy atom. The van der Waals surface area contributed by atoms with Crippen molar-refractivity contribution >= 4 is 6.08 Å². The highest BCUT2D eigenvalue weighted by molar-refractivity contribution is 5.61. The Bertz CT molecular complexity index is 1000. The van der Waals surface area contributed by atoms with Gasteiger partial charge in [0.25, 0.3) is 0 Å². The van der Waals surface area contributed by atoms with Gasteiger partial charge in [-0.25, -0.2) is 0 Å². The van der Waals surface area contributed by atoms with Gasteiger partial charge < -0.3 is 19.3 Å². The number of ether oxygens (including phenoxy) is 3. The van der Waals surface area contributed by atoms with Crippen molar-refractivity contribution in [3.63, 3.8) is 0 Å². The average molecular weight is 388 g/mol. The van der Waals surface area contributed by atoms with Crippen molar-refractivity contribution in [1.29, 1.82) is 0 Å². The molecular formula is C25H24O4. The Hall–Kier alpha value is -3.40. The molecule has 0 bridgehead atoms. The molecule has 0 radical (unpaired) electrons. The molecule has 1 N–H and O–H groups in total. The SMILES string of the molecule is COc1ccc(/C=C2\CCOc3ccc(OC)cc3C2c2ccc(O)cc2)cc1. The van der Waals surface area contributed by atoms with Crippen LogP contribution in [0.1, 0.15) is 29.0 Å². The first-order valence-electron chi connectivity index (χ1n) is 9.62. The Morgan fingerprint density at radius 2 is 1.59 bits per heavy atom. The molecule has 148 valence electrons. The lowest BCUT2D eigenvalue weighted by Crippen LogP contribution is -2.04. The summed E-state index contributed by atoms with van der Waals surface area (Å²) in [5.41, 5.74) is 4.51. The zero-order chi connectivity index (χ0) is 20.2. The maximum atomic E-state index is 9.77. The van der Waals surface area contributed by atoms with Gasteiger partial charge in [-0.3, -0.25) is 0 Å². The number of methoxy groups -OCH3 is 2. The van der Waals surface area contributed by atoms with Crippen molar-refractivity contribution in [2.45, 2.75) is 12.3 Å². The zero-order valence-corrected chi connectivity index (χ0v) is 16.6. The van der Waals surface area contributed by atoms with Crippen molar-refractivity contribution in [3.8, 4) is 23.0 Å². The monoisotopic (exact) mass is 388 g/mol. The van der Waals surface area contributed by atoms with E-state index in [0.29, 0.717) is 6.61 Å². The average Bonchev–Trinajstić information content (AvgIpc) is 2.93. The smallest absolute Gasteiger partial charge is 0.123 e. The number of phenolic OH excluding ortho intramolecular Hbond substituents is 1. The van der Waals surface area contributed by atoms with Crippen LogP contribution in [0, 0.1) is 0 Å². The van der Waals surface area contributed by atoms with Crippen LogP contribution in [0.2, 0.25) is 0 Å². The maximum absolute atomic E-state index is 9.77. The van der Waals surface area contributed by atoms with Gasteiger partial charge in [-0.1, -0.05) is 35.9 Å². The van der Waals surface area contributed by atoms with Crippen LogP contribution in [-0.2, 0) is 0 Å². The van der Waals surface area contributed by atoms with Crippen LogP contribution >= 0.6 is 0 Å². The van der Waals surface area contributed by atoms with Crippen LogP contribution in [0.3, 0.4) is 0 Å². The molecule has 0 aromatic heterocycles. The summed E-state index contributed by atoms with van der Waals surface area (Å²) in [4.78, 5) is 0. The van der Waals surface area contributed by atoms with Gasteiger partial charge in [0, 0.05) is 17.9 Å². The summed E-state index contributed by atoms with van der Waals surface area (Å²) in [6.07, 6.45) is 3.02. The minimum Gasteiger partial charge on any atom is -0.508 e. The lowest BCUT2D eigenvalue weighted by Gasteiger charge is -2.21. The predicted molar refractivity (Wildman–Crippen MR) is 114 cm³/mol. The molecule has 0 spiro atoms. The van der Waals surface area contributed by atoms with Crippen molar-refractivity contribution in [2.75, 3.05) is 20.8 Å². The van der Waals surface area contributed by atoms with E-state index in [2.05, 4.69) is 18.2 Å². The topological polar surface area (TPSA) is 47.9 Å². The molecule has 0 aliphatic carbocycles. The number of fused-ring (bicyclic) bond motifs is 1. The number of hydrogen-bond donors (Lipinski definition) is 1. The van der Waals surface area contributed by atoms with E-state index in [-0.39, 0.29) is 11.7 Å². The Labute approximate surface area is 171 Å². The summed E-state index contributed by atoms with van der Waals surface area (Å²) < 4.78 is 16.8. The van der Waals surface area contributed by atoms with Crippen molar-refractivity contribution in [3.05, 3.63) is 89.0 Å². The second-order valence-electron chi connectivity index (χ2n) is 7.02. The van der Waals surface area contributed by atoms with E-state index in [4.69, 9.17) is 14.2 Å². The normalized spacial score (nSPS) is 17.2. The number of aromatic hydroxyl groups is 1. The van der Waals surface area contributed by atoms with Gasteiger partial charge in [0.15, 0.2) is 0 Å². The molecule has 1 heterocycles. The highest BCUT2D eigenvalue weighted by Crippen LogP contribution is 2.43. The summed E-state index contributed by atoms with van der Waals surface area (Å²) in [6, 6.07) is 21.4. The van der Waals surface area contributed by atoms with Gasteiger partial charge >= 0.3 is 0 Å². The van der Waals surface area contributed by atoms with E-state index in [1.54, 1.807) is 26.4 Å². The molecule has 1 atom stereocenters. The van der Waals surface area contributed by atoms with E-state index in [0.717, 1.165) is 40.4 Å². The molecule has 4 nitrogen and oxygen atoms in total. The first kappa shape index (κ1) is 18.9. The van der Waals surface area contributed by atoms with E-state index in [1.165, 1.54) is 5.57 Å². The molecule has 0 fully saturated rings. The summed E-state index contributed by atoms with van der Waals surface area (Å²) >= 11 is 0. The molecular weight excluding hydrogens is 364 g/mol. The molecule has 0 saturated carbocycles. The third-order valence-corrected chi connectivity index (χ3v) is 5.24. The fourth-order valence-electron chi connectivity index (χ4n) is 3.76. The molecule has 4 heteroatoms. The first-order valence-corrected chi connectivity index (χ1v) is 9.62. The van der Waals surface area contributed by atoms with Crippen molar-refractivity contribution in [2.24, 2.45) is 0 Å². The number of hydrogen-bond acceptors (Lipinski definition) is 4.